The second-order valence-electron chi connectivity index (χ2n) is 9.82. The van der Waals surface area contributed by atoms with E-state index in [-0.39, 0.29) is 18.1 Å². The number of benzene rings is 1. The Morgan fingerprint density at radius 1 is 1.18 bits per heavy atom. The molecule has 2 aromatic heterocycles. The van der Waals surface area contributed by atoms with Crippen LogP contribution in [0, 0.1) is 5.92 Å². The van der Waals surface area contributed by atoms with Crippen LogP contribution in [-0.4, -0.2) is 72.0 Å². The van der Waals surface area contributed by atoms with E-state index in [2.05, 4.69) is 31.3 Å². The topological polar surface area (TPSA) is 100 Å². The van der Waals surface area contributed by atoms with Gasteiger partial charge in [-0.3, -0.25) is 14.7 Å². The van der Waals surface area contributed by atoms with Crippen molar-refractivity contribution in [1.82, 2.24) is 14.9 Å². The standard InChI is InChI=1S/C27H26N6O4S/c1-36-25-5-3-19-26(30-25)21(6-8-28-19)32-11-16-7-9-31(22(16)14-32)12-18-13-33(27(35)37-18)17-2-4-23-20(10-17)29-24(34)15-38-23/h2-6,8,10,14,16,18H,7,9,11-13,15H2,1H3,(H,29,34)/t16-,18?/m0/s1. The SMILES string of the molecule is COc1ccc2nccc(N3C=C4[C@@H](CCN4CC4CN(c5ccc6c(c5)NC(=O)CS6)C(=O)O4)C3)c2n1. The van der Waals surface area contributed by atoms with Gasteiger partial charge in [-0.1, -0.05) is 0 Å². The van der Waals surface area contributed by atoms with Crippen LogP contribution in [0.15, 0.2) is 59.4 Å². The zero-order valence-corrected chi connectivity index (χ0v) is 21.6. The van der Waals surface area contributed by atoms with Gasteiger partial charge in [0.2, 0.25) is 11.8 Å². The maximum Gasteiger partial charge on any atom is 0.414 e. The van der Waals surface area contributed by atoms with Gasteiger partial charge in [0.15, 0.2) is 0 Å². The van der Waals surface area contributed by atoms with Gasteiger partial charge in [-0.2, -0.15) is 0 Å². The molecule has 38 heavy (non-hydrogen) atoms. The number of anilines is 3. The molecule has 0 saturated carbocycles. The molecule has 2 atom stereocenters. The largest absolute Gasteiger partial charge is 0.481 e. The molecule has 0 bridgehead atoms. The van der Waals surface area contributed by atoms with E-state index in [4.69, 9.17) is 9.47 Å². The highest BCUT2D eigenvalue weighted by Crippen LogP contribution is 2.39. The van der Waals surface area contributed by atoms with E-state index in [1.165, 1.54) is 17.5 Å². The van der Waals surface area contributed by atoms with Crippen molar-refractivity contribution in [2.24, 2.45) is 5.92 Å². The molecule has 10 nitrogen and oxygen atoms in total. The van der Waals surface area contributed by atoms with Crippen molar-refractivity contribution in [3.63, 3.8) is 0 Å². The number of fused-ring (bicyclic) bond motifs is 3. The fraction of sp³-hybridized carbons (Fsp3) is 0.333. The number of hydrogen-bond donors (Lipinski definition) is 1. The average molecular weight is 531 g/mol. The van der Waals surface area contributed by atoms with E-state index in [1.807, 2.05) is 42.6 Å². The first-order valence-corrected chi connectivity index (χ1v) is 13.6. The van der Waals surface area contributed by atoms with Crippen molar-refractivity contribution in [2.45, 2.75) is 17.4 Å². The molecular formula is C27H26N6O4S. The molecular weight excluding hydrogens is 504 g/mol. The van der Waals surface area contributed by atoms with Gasteiger partial charge < -0.3 is 24.6 Å². The lowest BCUT2D eigenvalue weighted by atomic mass is 10.1. The Morgan fingerprint density at radius 2 is 2.11 bits per heavy atom. The number of nitrogens with zero attached hydrogens (tertiary/aromatic N) is 5. The number of amides is 2. The zero-order chi connectivity index (χ0) is 25.8. The highest BCUT2D eigenvalue weighted by molar-refractivity contribution is 8.00. The lowest BCUT2D eigenvalue weighted by Gasteiger charge is -2.23. The van der Waals surface area contributed by atoms with Crippen LogP contribution in [0.2, 0.25) is 0 Å². The maximum atomic E-state index is 12.8. The molecule has 2 fully saturated rings. The van der Waals surface area contributed by atoms with Crippen LogP contribution in [0.4, 0.5) is 21.9 Å². The summed E-state index contributed by atoms with van der Waals surface area (Å²) >= 11 is 1.50. The molecule has 0 radical (unpaired) electrons. The summed E-state index contributed by atoms with van der Waals surface area (Å²) < 4.78 is 11.1. The van der Waals surface area contributed by atoms with E-state index >= 15 is 0 Å². The van der Waals surface area contributed by atoms with Crippen molar-refractivity contribution < 1.29 is 19.1 Å². The van der Waals surface area contributed by atoms with Crippen molar-refractivity contribution in [2.75, 3.05) is 54.2 Å². The van der Waals surface area contributed by atoms with Gasteiger partial charge in [-0.25, -0.2) is 9.78 Å². The number of thioether (sulfide) groups is 1. The number of cyclic esters (lactones) is 1. The minimum Gasteiger partial charge on any atom is -0.481 e. The number of likely N-dealkylation sites (tertiary alicyclic amines) is 1. The molecule has 6 heterocycles. The zero-order valence-electron chi connectivity index (χ0n) is 20.8. The Hall–Kier alpha value is -3.99. The molecule has 0 spiro atoms. The smallest absolute Gasteiger partial charge is 0.414 e. The van der Waals surface area contributed by atoms with E-state index in [1.54, 1.807) is 12.0 Å². The van der Waals surface area contributed by atoms with Crippen LogP contribution in [0.3, 0.4) is 0 Å². The van der Waals surface area contributed by atoms with Crippen molar-refractivity contribution in [3.8, 4) is 5.88 Å². The number of nitrogens with one attached hydrogen (secondary N) is 1. The quantitative estimate of drug-likeness (QED) is 0.529. The second kappa shape index (κ2) is 9.09. The molecule has 2 amide bonds. The van der Waals surface area contributed by atoms with Crippen molar-refractivity contribution in [1.29, 1.82) is 0 Å². The Balaban J connectivity index is 1.08. The third-order valence-corrected chi connectivity index (χ3v) is 8.57. The van der Waals surface area contributed by atoms with Crippen LogP contribution in [0.1, 0.15) is 6.42 Å². The predicted octanol–water partition coefficient (Wildman–Crippen LogP) is 3.69. The van der Waals surface area contributed by atoms with Gasteiger partial charge in [0, 0.05) is 53.8 Å². The molecule has 4 aliphatic rings. The number of hydrogen-bond acceptors (Lipinski definition) is 9. The van der Waals surface area contributed by atoms with Crippen LogP contribution >= 0.6 is 11.8 Å². The molecule has 1 N–H and O–H groups in total. The molecule has 194 valence electrons. The van der Waals surface area contributed by atoms with E-state index in [9.17, 15) is 9.59 Å². The third kappa shape index (κ3) is 3.97. The average Bonchev–Trinajstić information content (AvgIpc) is 3.63. The molecule has 1 aromatic carbocycles. The van der Waals surface area contributed by atoms with E-state index in [0.717, 1.165) is 52.5 Å². The summed E-state index contributed by atoms with van der Waals surface area (Å²) in [5.74, 6) is 1.36. The lowest BCUT2D eigenvalue weighted by molar-refractivity contribution is -0.113. The van der Waals surface area contributed by atoms with Gasteiger partial charge in [-0.05, 0) is 36.8 Å². The minimum absolute atomic E-state index is 0.0290. The monoisotopic (exact) mass is 530 g/mol. The molecule has 7 rings (SSSR count). The number of pyridine rings is 2. The van der Waals surface area contributed by atoms with E-state index in [0.29, 0.717) is 30.6 Å². The summed E-state index contributed by atoms with van der Waals surface area (Å²) in [7, 11) is 1.61. The van der Waals surface area contributed by atoms with Crippen LogP contribution < -0.4 is 19.9 Å². The summed E-state index contributed by atoms with van der Waals surface area (Å²) in [6, 6.07) is 11.5. The first kappa shape index (κ1) is 23.2. The summed E-state index contributed by atoms with van der Waals surface area (Å²) in [6.45, 7) is 2.91. The van der Waals surface area contributed by atoms with Crippen molar-refractivity contribution >= 4 is 51.9 Å². The minimum atomic E-state index is -0.356. The van der Waals surface area contributed by atoms with E-state index < -0.39 is 0 Å². The van der Waals surface area contributed by atoms with Gasteiger partial charge >= 0.3 is 6.09 Å². The van der Waals surface area contributed by atoms with Gasteiger partial charge in [-0.15, -0.1) is 11.8 Å². The number of carbonyl (C=O) groups excluding carboxylic acids is 2. The summed E-state index contributed by atoms with van der Waals surface area (Å²) in [5, 5.41) is 2.89. The van der Waals surface area contributed by atoms with Gasteiger partial charge in [0.25, 0.3) is 0 Å². The Kier molecular flexibility index (Phi) is 5.54. The molecule has 1 unspecified atom stereocenters. The molecule has 2 saturated heterocycles. The highest BCUT2D eigenvalue weighted by atomic mass is 32.2. The summed E-state index contributed by atoms with van der Waals surface area (Å²) in [6.07, 6.45) is 4.46. The number of methoxy groups -OCH3 is 1. The second-order valence-corrected chi connectivity index (χ2v) is 10.8. The number of rotatable bonds is 5. The fourth-order valence-electron chi connectivity index (χ4n) is 5.68. The van der Waals surface area contributed by atoms with Gasteiger partial charge in [0.1, 0.15) is 11.6 Å². The Morgan fingerprint density at radius 3 is 3.00 bits per heavy atom. The molecule has 4 aliphatic heterocycles. The fourth-order valence-corrected chi connectivity index (χ4v) is 6.47. The molecule has 11 heteroatoms. The predicted molar refractivity (Wildman–Crippen MR) is 145 cm³/mol. The van der Waals surface area contributed by atoms with Crippen molar-refractivity contribution in [3.05, 3.63) is 54.5 Å². The lowest BCUT2D eigenvalue weighted by Crippen LogP contribution is -2.32. The van der Waals surface area contributed by atoms with Gasteiger partial charge in [0.05, 0.1) is 42.8 Å². The Labute approximate surface area is 223 Å². The van der Waals surface area contributed by atoms with Crippen LogP contribution in [-0.2, 0) is 9.53 Å². The maximum absolute atomic E-state index is 12.8. The normalized spacial score (nSPS) is 22.3. The highest BCUT2D eigenvalue weighted by Gasteiger charge is 2.39. The number of aromatic nitrogens is 2. The molecule has 0 aliphatic carbocycles. The van der Waals surface area contributed by atoms with Crippen LogP contribution in [0.5, 0.6) is 5.88 Å². The number of ether oxygens (including phenoxy) is 2. The third-order valence-electron chi connectivity index (χ3n) is 7.50. The first-order valence-electron chi connectivity index (χ1n) is 12.6. The van der Waals surface area contributed by atoms with Crippen LogP contribution in [0.25, 0.3) is 11.0 Å². The first-order chi connectivity index (χ1) is 18.6. The molecule has 3 aromatic rings. The summed E-state index contributed by atoms with van der Waals surface area (Å²) in [4.78, 5) is 40.9. The number of carbonyl (C=O) groups is 2. The summed E-state index contributed by atoms with van der Waals surface area (Å²) in [5.41, 5.74) is 5.39. The Bertz CT molecular complexity index is 1500.